The van der Waals surface area contributed by atoms with Gasteiger partial charge in [-0.2, -0.15) is 5.10 Å². The van der Waals surface area contributed by atoms with Crippen molar-refractivity contribution in [2.24, 2.45) is 7.05 Å². The molecule has 0 spiro atoms. The van der Waals surface area contributed by atoms with Gasteiger partial charge in [0.25, 0.3) is 5.91 Å². The zero-order chi connectivity index (χ0) is 13.3. The van der Waals surface area contributed by atoms with E-state index in [1.54, 1.807) is 30.8 Å². The third-order valence-electron chi connectivity index (χ3n) is 2.66. The summed E-state index contributed by atoms with van der Waals surface area (Å²) in [5.41, 5.74) is 1.63. The molecule has 1 heterocycles. The second kappa shape index (κ2) is 4.89. The first-order valence-electron chi connectivity index (χ1n) is 5.24. The predicted molar refractivity (Wildman–Crippen MR) is 70.0 cm³/mol. The van der Waals surface area contributed by atoms with Crippen LogP contribution < -0.4 is 5.32 Å². The highest BCUT2D eigenvalue weighted by Gasteiger charge is 2.13. The molecule has 1 aromatic carbocycles. The van der Waals surface area contributed by atoms with E-state index in [1.807, 2.05) is 0 Å². The first kappa shape index (κ1) is 12.8. The van der Waals surface area contributed by atoms with Crippen LogP contribution in [0, 0.1) is 12.7 Å². The molecule has 2 rings (SSSR count). The number of nitrogens with zero attached hydrogens (tertiary/aromatic N) is 2. The summed E-state index contributed by atoms with van der Waals surface area (Å²) in [6.07, 6.45) is 1.49. The molecule has 0 aliphatic carbocycles. The molecule has 0 radical (unpaired) electrons. The summed E-state index contributed by atoms with van der Waals surface area (Å²) in [4.78, 5) is 11.9. The summed E-state index contributed by atoms with van der Waals surface area (Å²) in [5.74, 6) is -0.724. The van der Waals surface area contributed by atoms with Crippen LogP contribution in [0.3, 0.4) is 0 Å². The Morgan fingerprint density at radius 1 is 1.50 bits per heavy atom. The zero-order valence-electron chi connectivity index (χ0n) is 9.87. The van der Waals surface area contributed by atoms with Crippen molar-refractivity contribution in [3.05, 3.63) is 45.9 Å². The molecular formula is C12H11BrFN3O. The van der Waals surface area contributed by atoms with Gasteiger partial charge in [0.05, 0.1) is 16.2 Å². The number of nitrogens with one attached hydrogen (secondary N) is 1. The van der Waals surface area contributed by atoms with Crippen molar-refractivity contribution >= 4 is 27.5 Å². The second-order valence-electron chi connectivity index (χ2n) is 3.85. The molecule has 4 nitrogen and oxygen atoms in total. The third kappa shape index (κ3) is 2.43. The fourth-order valence-electron chi connectivity index (χ4n) is 1.49. The number of carbonyl (C=O) groups excluding carboxylic acids is 1. The number of rotatable bonds is 2. The Bertz CT molecular complexity index is 609. The van der Waals surface area contributed by atoms with Gasteiger partial charge in [0.2, 0.25) is 0 Å². The van der Waals surface area contributed by atoms with E-state index in [2.05, 4.69) is 26.3 Å². The highest BCUT2D eigenvalue weighted by atomic mass is 79.9. The lowest BCUT2D eigenvalue weighted by atomic mass is 10.2. The van der Waals surface area contributed by atoms with Crippen LogP contribution in [0.25, 0.3) is 0 Å². The van der Waals surface area contributed by atoms with Crippen LogP contribution in [0.2, 0.25) is 0 Å². The van der Waals surface area contributed by atoms with Crippen LogP contribution in [0.5, 0.6) is 0 Å². The van der Waals surface area contributed by atoms with Gasteiger partial charge >= 0.3 is 0 Å². The predicted octanol–water partition coefficient (Wildman–Crippen LogP) is 2.88. The second-order valence-corrected chi connectivity index (χ2v) is 4.70. The Hall–Kier alpha value is -1.69. The topological polar surface area (TPSA) is 46.9 Å². The molecule has 94 valence electrons. The molecule has 0 unspecified atom stereocenters. The normalized spacial score (nSPS) is 10.4. The molecule has 0 atom stereocenters. The average molecular weight is 312 g/mol. The summed E-state index contributed by atoms with van der Waals surface area (Å²) < 4.78 is 15.3. The molecular weight excluding hydrogens is 301 g/mol. The van der Waals surface area contributed by atoms with E-state index in [4.69, 9.17) is 0 Å². The van der Waals surface area contributed by atoms with Crippen LogP contribution in [-0.2, 0) is 7.05 Å². The number of aromatic nitrogens is 2. The molecule has 1 aromatic heterocycles. The smallest absolute Gasteiger partial charge is 0.259 e. The fraction of sp³-hybridized carbons (Fsp3) is 0.167. The molecule has 2 aromatic rings. The Morgan fingerprint density at radius 3 is 2.78 bits per heavy atom. The Balaban J connectivity index is 2.21. The van der Waals surface area contributed by atoms with E-state index in [1.165, 1.54) is 12.3 Å². The van der Waals surface area contributed by atoms with Crippen molar-refractivity contribution in [1.82, 2.24) is 9.78 Å². The van der Waals surface area contributed by atoms with E-state index in [0.29, 0.717) is 15.7 Å². The van der Waals surface area contributed by atoms with Crippen LogP contribution in [0.4, 0.5) is 10.1 Å². The summed E-state index contributed by atoms with van der Waals surface area (Å²) in [6, 6.07) is 4.42. The lowest BCUT2D eigenvalue weighted by Gasteiger charge is -2.05. The van der Waals surface area contributed by atoms with Crippen LogP contribution >= 0.6 is 15.9 Å². The van der Waals surface area contributed by atoms with E-state index in [0.717, 1.165) is 5.69 Å². The summed E-state index contributed by atoms with van der Waals surface area (Å²) >= 11 is 3.05. The first-order valence-corrected chi connectivity index (χ1v) is 6.03. The third-order valence-corrected chi connectivity index (χ3v) is 3.30. The SMILES string of the molecule is Cc1c(C(=O)Nc2ccc(Br)c(F)c2)cnn1C. The number of hydrogen-bond acceptors (Lipinski definition) is 2. The van der Waals surface area contributed by atoms with Gasteiger partial charge in [-0.3, -0.25) is 9.48 Å². The maximum Gasteiger partial charge on any atom is 0.259 e. The van der Waals surface area contributed by atoms with Crippen LogP contribution in [0.15, 0.2) is 28.9 Å². The highest BCUT2D eigenvalue weighted by molar-refractivity contribution is 9.10. The number of halogens is 2. The number of hydrogen-bond donors (Lipinski definition) is 1. The van der Waals surface area contributed by atoms with Crippen molar-refractivity contribution in [2.45, 2.75) is 6.92 Å². The van der Waals surface area contributed by atoms with E-state index < -0.39 is 5.82 Å². The van der Waals surface area contributed by atoms with Gasteiger partial charge in [0.15, 0.2) is 0 Å². The highest BCUT2D eigenvalue weighted by Crippen LogP contribution is 2.20. The Kier molecular flexibility index (Phi) is 3.47. The zero-order valence-corrected chi connectivity index (χ0v) is 11.5. The molecule has 0 aliphatic heterocycles. The minimum absolute atomic E-state index is 0.303. The van der Waals surface area contributed by atoms with Crippen molar-refractivity contribution in [2.75, 3.05) is 5.32 Å². The Labute approximate surface area is 112 Å². The summed E-state index contributed by atoms with van der Waals surface area (Å²) in [6.45, 7) is 1.80. The lowest BCUT2D eigenvalue weighted by Crippen LogP contribution is -2.13. The van der Waals surface area contributed by atoms with E-state index in [9.17, 15) is 9.18 Å². The molecule has 0 saturated heterocycles. The van der Waals surface area contributed by atoms with Gasteiger partial charge in [0.1, 0.15) is 5.82 Å². The monoisotopic (exact) mass is 311 g/mol. The molecule has 1 N–H and O–H groups in total. The van der Waals surface area contributed by atoms with Crippen molar-refractivity contribution in [3.63, 3.8) is 0 Å². The summed E-state index contributed by atoms with van der Waals surface area (Å²) in [7, 11) is 1.76. The first-order chi connectivity index (χ1) is 8.49. The molecule has 0 saturated carbocycles. The molecule has 0 fully saturated rings. The molecule has 0 bridgehead atoms. The Morgan fingerprint density at radius 2 is 2.22 bits per heavy atom. The van der Waals surface area contributed by atoms with Crippen LogP contribution in [0.1, 0.15) is 16.1 Å². The van der Waals surface area contributed by atoms with Gasteiger partial charge in [-0.15, -0.1) is 0 Å². The van der Waals surface area contributed by atoms with E-state index in [-0.39, 0.29) is 5.91 Å². The van der Waals surface area contributed by atoms with Gasteiger partial charge < -0.3 is 5.32 Å². The fourth-order valence-corrected chi connectivity index (χ4v) is 1.74. The standard InChI is InChI=1S/C12H11BrFN3O/c1-7-9(6-15-17(7)2)12(18)16-8-3-4-10(13)11(14)5-8/h3-6H,1-2H3,(H,16,18). The minimum Gasteiger partial charge on any atom is -0.322 e. The van der Waals surface area contributed by atoms with Crippen LogP contribution in [-0.4, -0.2) is 15.7 Å². The molecule has 0 aliphatic rings. The average Bonchev–Trinajstić information content (AvgIpc) is 2.65. The largest absolute Gasteiger partial charge is 0.322 e. The lowest BCUT2D eigenvalue weighted by molar-refractivity contribution is 0.102. The summed E-state index contributed by atoms with van der Waals surface area (Å²) in [5, 5.41) is 6.61. The number of anilines is 1. The molecule has 18 heavy (non-hydrogen) atoms. The molecule has 6 heteroatoms. The molecule has 1 amide bonds. The van der Waals surface area contributed by atoms with Gasteiger partial charge in [0, 0.05) is 18.4 Å². The maximum absolute atomic E-state index is 13.3. The van der Waals surface area contributed by atoms with Gasteiger partial charge in [-0.05, 0) is 41.1 Å². The minimum atomic E-state index is -0.421. The number of aryl methyl sites for hydroxylation is 1. The van der Waals surface area contributed by atoms with Crippen molar-refractivity contribution in [3.8, 4) is 0 Å². The number of carbonyl (C=O) groups is 1. The number of amides is 1. The quantitative estimate of drug-likeness (QED) is 0.927. The van der Waals surface area contributed by atoms with E-state index >= 15 is 0 Å². The van der Waals surface area contributed by atoms with Crippen molar-refractivity contribution in [1.29, 1.82) is 0 Å². The maximum atomic E-state index is 13.3. The van der Waals surface area contributed by atoms with Crippen molar-refractivity contribution < 1.29 is 9.18 Å². The number of benzene rings is 1. The van der Waals surface area contributed by atoms with Gasteiger partial charge in [-0.1, -0.05) is 0 Å². The van der Waals surface area contributed by atoms with Gasteiger partial charge in [-0.25, -0.2) is 4.39 Å².